The molecule has 0 rings (SSSR count). The molecule has 2 nitrogen and oxygen atoms in total. The zero-order valence-electron chi connectivity index (χ0n) is 9.55. The van der Waals surface area contributed by atoms with Crippen molar-refractivity contribution in [2.75, 3.05) is 0 Å². The van der Waals surface area contributed by atoms with Gasteiger partial charge in [0, 0.05) is 0 Å². The van der Waals surface area contributed by atoms with Crippen LogP contribution in [0, 0.1) is 11.3 Å². The van der Waals surface area contributed by atoms with E-state index in [2.05, 4.69) is 27.4 Å². The molecule has 0 aliphatic carbocycles. The van der Waals surface area contributed by atoms with Crippen molar-refractivity contribution in [3.05, 3.63) is 12.7 Å². The average Bonchev–Trinajstić information content (AvgIpc) is 2.01. The molecule has 1 N–H and O–H groups in total. The van der Waals surface area contributed by atoms with Crippen LogP contribution in [0.3, 0.4) is 0 Å². The topological polar surface area (TPSA) is 37.3 Å². The van der Waals surface area contributed by atoms with Gasteiger partial charge in [-0.15, -0.1) is 6.58 Å². The van der Waals surface area contributed by atoms with E-state index in [1.165, 1.54) is 6.08 Å². The first kappa shape index (κ1) is 13.2. The van der Waals surface area contributed by atoms with E-state index in [9.17, 15) is 4.79 Å². The van der Waals surface area contributed by atoms with E-state index in [4.69, 9.17) is 5.11 Å². The summed E-state index contributed by atoms with van der Waals surface area (Å²) in [5, 5.41) is 8.76. The van der Waals surface area contributed by atoms with E-state index in [-0.39, 0.29) is 5.92 Å². The molecule has 0 aromatic carbocycles. The van der Waals surface area contributed by atoms with Crippen LogP contribution in [0.2, 0.25) is 0 Å². The summed E-state index contributed by atoms with van der Waals surface area (Å²) in [4.78, 5) is 10.7. The predicted molar refractivity (Wildman–Crippen MR) is 59.2 cm³/mol. The average molecular weight is 198 g/mol. The van der Waals surface area contributed by atoms with Crippen molar-refractivity contribution >= 4 is 5.97 Å². The smallest absolute Gasteiger partial charge is 0.310 e. The predicted octanol–water partition coefficient (Wildman–Crippen LogP) is 3.48. The Morgan fingerprint density at radius 3 is 2.36 bits per heavy atom. The molecule has 0 heterocycles. The van der Waals surface area contributed by atoms with E-state index in [0.29, 0.717) is 5.41 Å². The fourth-order valence-corrected chi connectivity index (χ4v) is 1.36. The third kappa shape index (κ3) is 6.70. The first-order valence-corrected chi connectivity index (χ1v) is 5.22. The largest absolute Gasteiger partial charge is 0.481 e. The molecule has 0 spiro atoms. The van der Waals surface area contributed by atoms with Gasteiger partial charge < -0.3 is 5.11 Å². The second-order valence-corrected chi connectivity index (χ2v) is 4.99. The van der Waals surface area contributed by atoms with E-state index < -0.39 is 5.97 Å². The Kier molecular flexibility index (Phi) is 5.51. The molecule has 14 heavy (non-hydrogen) atoms. The van der Waals surface area contributed by atoms with Gasteiger partial charge in [0.05, 0.1) is 5.92 Å². The number of carbonyl (C=O) groups is 1. The van der Waals surface area contributed by atoms with E-state index in [1.807, 2.05) is 0 Å². The summed E-state index contributed by atoms with van der Waals surface area (Å²) >= 11 is 0. The number of rotatable bonds is 6. The minimum atomic E-state index is -0.754. The number of hydrogen-bond donors (Lipinski definition) is 1. The van der Waals surface area contributed by atoms with E-state index in [1.54, 1.807) is 0 Å². The van der Waals surface area contributed by atoms with Gasteiger partial charge in [-0.25, -0.2) is 0 Å². The van der Waals surface area contributed by atoms with Crippen LogP contribution < -0.4 is 0 Å². The highest BCUT2D eigenvalue weighted by atomic mass is 16.4. The summed E-state index contributed by atoms with van der Waals surface area (Å²) in [6.07, 6.45) is 5.46. The Morgan fingerprint density at radius 2 is 2.00 bits per heavy atom. The van der Waals surface area contributed by atoms with Crippen molar-refractivity contribution in [3.63, 3.8) is 0 Å². The highest BCUT2D eigenvalue weighted by Crippen LogP contribution is 2.23. The number of hydrogen-bond acceptors (Lipinski definition) is 1. The Morgan fingerprint density at radius 1 is 1.43 bits per heavy atom. The first-order chi connectivity index (χ1) is 6.37. The van der Waals surface area contributed by atoms with Crippen molar-refractivity contribution in [2.45, 2.75) is 46.5 Å². The summed E-state index contributed by atoms with van der Waals surface area (Å²) in [6, 6.07) is 0. The molecule has 0 amide bonds. The van der Waals surface area contributed by atoms with Crippen LogP contribution in [-0.2, 0) is 4.79 Å². The van der Waals surface area contributed by atoms with Crippen LogP contribution in [0.1, 0.15) is 46.5 Å². The molecule has 2 heteroatoms. The molecule has 0 aromatic heterocycles. The maximum Gasteiger partial charge on any atom is 0.310 e. The van der Waals surface area contributed by atoms with Crippen molar-refractivity contribution in [1.29, 1.82) is 0 Å². The van der Waals surface area contributed by atoms with Gasteiger partial charge in [-0.1, -0.05) is 39.7 Å². The lowest BCUT2D eigenvalue weighted by molar-refractivity contribution is -0.140. The molecule has 0 aromatic rings. The third-order valence-electron chi connectivity index (χ3n) is 2.29. The van der Waals surface area contributed by atoms with Crippen molar-refractivity contribution in [3.8, 4) is 0 Å². The number of carboxylic acid groups (broad SMARTS) is 1. The van der Waals surface area contributed by atoms with Crippen LogP contribution in [-0.4, -0.2) is 11.1 Å². The lowest BCUT2D eigenvalue weighted by atomic mass is 9.88. The molecular formula is C12H22O2. The molecule has 82 valence electrons. The Bertz CT molecular complexity index is 189. The van der Waals surface area contributed by atoms with Crippen molar-refractivity contribution in [1.82, 2.24) is 0 Å². The number of aliphatic carboxylic acids is 1. The maximum atomic E-state index is 10.7. The molecule has 0 bridgehead atoms. The summed E-state index contributed by atoms with van der Waals surface area (Å²) in [5.74, 6) is -1.12. The van der Waals surface area contributed by atoms with Gasteiger partial charge in [0.15, 0.2) is 0 Å². The second-order valence-electron chi connectivity index (χ2n) is 4.99. The number of unbranched alkanes of at least 4 members (excludes halogenated alkanes) is 1. The summed E-state index contributed by atoms with van der Waals surface area (Å²) in [7, 11) is 0. The highest BCUT2D eigenvalue weighted by molar-refractivity contribution is 5.71. The van der Waals surface area contributed by atoms with Crippen molar-refractivity contribution in [2.24, 2.45) is 11.3 Å². The number of carboxylic acids is 1. The fraction of sp³-hybridized carbons (Fsp3) is 0.750. The molecule has 0 radical (unpaired) electrons. The van der Waals surface area contributed by atoms with Crippen LogP contribution in [0.15, 0.2) is 12.7 Å². The van der Waals surface area contributed by atoms with Gasteiger partial charge >= 0.3 is 5.97 Å². The van der Waals surface area contributed by atoms with Crippen LogP contribution in [0.25, 0.3) is 0 Å². The summed E-state index contributed by atoms with van der Waals surface area (Å²) in [6.45, 7) is 10.1. The van der Waals surface area contributed by atoms with Gasteiger partial charge in [0.2, 0.25) is 0 Å². The summed E-state index contributed by atoms with van der Waals surface area (Å²) < 4.78 is 0. The highest BCUT2D eigenvalue weighted by Gasteiger charge is 2.14. The minimum absolute atomic E-state index is 0.354. The maximum absolute atomic E-state index is 10.7. The van der Waals surface area contributed by atoms with Gasteiger partial charge in [-0.2, -0.15) is 0 Å². The van der Waals surface area contributed by atoms with Crippen LogP contribution in [0.4, 0.5) is 0 Å². The zero-order valence-corrected chi connectivity index (χ0v) is 9.55. The fourth-order valence-electron chi connectivity index (χ4n) is 1.36. The monoisotopic (exact) mass is 198 g/mol. The van der Waals surface area contributed by atoms with E-state index in [0.717, 1.165) is 25.7 Å². The quantitative estimate of drug-likeness (QED) is 0.524. The second kappa shape index (κ2) is 5.84. The molecule has 1 unspecified atom stereocenters. The normalized spacial score (nSPS) is 13.6. The van der Waals surface area contributed by atoms with Gasteiger partial charge in [-0.05, 0) is 18.3 Å². The molecule has 0 saturated heterocycles. The molecule has 1 atom stereocenters. The standard InChI is InChI=1S/C12H22O2/c1-5-10(11(13)14)8-6-7-9-12(2,3)4/h5,10H,1,6-9H2,2-4H3,(H,13,14). The van der Waals surface area contributed by atoms with Gasteiger partial charge in [0.25, 0.3) is 0 Å². The molecule has 0 saturated carbocycles. The Labute approximate surface area is 87.0 Å². The van der Waals surface area contributed by atoms with Gasteiger partial charge in [-0.3, -0.25) is 4.79 Å². The SMILES string of the molecule is C=CC(CCCCC(C)(C)C)C(=O)O. The summed E-state index contributed by atoms with van der Waals surface area (Å²) in [5.41, 5.74) is 0.354. The lowest BCUT2D eigenvalue weighted by Gasteiger charge is -2.17. The molecular weight excluding hydrogens is 176 g/mol. The van der Waals surface area contributed by atoms with Crippen LogP contribution >= 0.6 is 0 Å². The zero-order chi connectivity index (χ0) is 11.2. The third-order valence-corrected chi connectivity index (χ3v) is 2.29. The molecule has 0 aliphatic heterocycles. The van der Waals surface area contributed by atoms with E-state index >= 15 is 0 Å². The molecule has 0 fully saturated rings. The Hall–Kier alpha value is -0.790. The van der Waals surface area contributed by atoms with Crippen molar-refractivity contribution < 1.29 is 9.90 Å². The Balaban J connectivity index is 3.63. The minimum Gasteiger partial charge on any atom is -0.481 e. The molecule has 0 aliphatic rings. The van der Waals surface area contributed by atoms with Gasteiger partial charge in [0.1, 0.15) is 0 Å². The lowest BCUT2D eigenvalue weighted by Crippen LogP contribution is -2.11. The first-order valence-electron chi connectivity index (χ1n) is 5.22. The van der Waals surface area contributed by atoms with Crippen LogP contribution in [0.5, 0.6) is 0 Å².